The van der Waals surface area contributed by atoms with Gasteiger partial charge >= 0.3 is 0 Å². The largest absolute Gasteiger partial charge is 0.349 e. The van der Waals surface area contributed by atoms with E-state index < -0.39 is 0 Å². The fourth-order valence-electron chi connectivity index (χ4n) is 3.04. The highest BCUT2D eigenvalue weighted by molar-refractivity contribution is 6.03. The summed E-state index contributed by atoms with van der Waals surface area (Å²) >= 11 is 0. The van der Waals surface area contributed by atoms with Crippen LogP contribution >= 0.6 is 0 Å². The molecule has 5 nitrogen and oxygen atoms in total. The molecule has 2 aromatic rings. The molecule has 2 heterocycles. The first kappa shape index (κ1) is 13.7. The number of benzene rings is 1. The monoisotopic (exact) mass is 284 g/mol. The van der Waals surface area contributed by atoms with E-state index >= 15 is 0 Å². The van der Waals surface area contributed by atoms with Gasteiger partial charge in [0.1, 0.15) is 5.66 Å². The highest BCUT2D eigenvalue weighted by atomic mass is 16.2. The molecule has 110 valence electrons. The van der Waals surface area contributed by atoms with Crippen LogP contribution in [0.3, 0.4) is 0 Å². The highest BCUT2D eigenvalue weighted by Gasteiger charge is 2.35. The van der Waals surface area contributed by atoms with Crippen molar-refractivity contribution in [1.82, 2.24) is 15.5 Å². The van der Waals surface area contributed by atoms with Gasteiger partial charge in [-0.1, -0.05) is 6.07 Å². The minimum Gasteiger partial charge on any atom is -0.349 e. The summed E-state index contributed by atoms with van der Waals surface area (Å²) in [5.41, 5.74) is 4.48. The Hall–Kier alpha value is -2.30. The van der Waals surface area contributed by atoms with Crippen molar-refractivity contribution in [2.45, 2.75) is 33.4 Å². The Morgan fingerprint density at radius 2 is 2.05 bits per heavy atom. The molecule has 1 aliphatic rings. The zero-order chi connectivity index (χ0) is 15.2. The molecule has 0 bridgehead atoms. The lowest BCUT2D eigenvalue weighted by Gasteiger charge is -2.44. The number of aromatic amines is 1. The van der Waals surface area contributed by atoms with Crippen molar-refractivity contribution in [2.24, 2.45) is 0 Å². The molecule has 0 saturated heterocycles. The van der Waals surface area contributed by atoms with E-state index in [9.17, 15) is 4.79 Å². The van der Waals surface area contributed by atoms with Gasteiger partial charge in [0.15, 0.2) is 0 Å². The summed E-state index contributed by atoms with van der Waals surface area (Å²) in [5.74, 6) is -0.0184. The maximum atomic E-state index is 12.3. The molecule has 0 atom stereocenters. The molecule has 1 amide bonds. The number of hydrogen-bond acceptors (Lipinski definition) is 3. The molecule has 3 rings (SSSR count). The second kappa shape index (κ2) is 4.62. The number of rotatable bonds is 2. The summed E-state index contributed by atoms with van der Waals surface area (Å²) in [6.45, 7) is 8.96. The number of aryl methyl sites for hydroxylation is 1. The second-order valence-electron chi connectivity index (χ2n) is 5.90. The van der Waals surface area contributed by atoms with Crippen LogP contribution in [0, 0.1) is 6.92 Å². The summed E-state index contributed by atoms with van der Waals surface area (Å²) in [6.07, 6.45) is 1.82. The third-order valence-corrected chi connectivity index (χ3v) is 4.08. The Morgan fingerprint density at radius 1 is 1.29 bits per heavy atom. The Labute approximate surface area is 124 Å². The van der Waals surface area contributed by atoms with Crippen molar-refractivity contribution in [2.75, 3.05) is 11.4 Å². The fraction of sp³-hybridized carbons (Fsp3) is 0.375. The lowest BCUT2D eigenvalue weighted by Crippen LogP contribution is -2.60. The molecule has 0 saturated carbocycles. The van der Waals surface area contributed by atoms with Gasteiger partial charge in [-0.05, 0) is 45.4 Å². The van der Waals surface area contributed by atoms with Gasteiger partial charge in [0, 0.05) is 17.8 Å². The first-order chi connectivity index (χ1) is 9.94. The van der Waals surface area contributed by atoms with Crippen molar-refractivity contribution in [3.63, 3.8) is 0 Å². The van der Waals surface area contributed by atoms with Gasteiger partial charge in [0.25, 0.3) is 5.91 Å². The third-order valence-electron chi connectivity index (χ3n) is 4.08. The summed E-state index contributed by atoms with van der Waals surface area (Å²) in [5, 5.41) is 10.1. The van der Waals surface area contributed by atoms with Crippen LogP contribution in [0.2, 0.25) is 0 Å². The second-order valence-corrected chi connectivity index (χ2v) is 5.90. The lowest BCUT2D eigenvalue weighted by molar-refractivity contribution is 0.0898. The number of nitrogens with one attached hydrogen (secondary N) is 2. The molecule has 0 radical (unpaired) electrons. The molecule has 5 heteroatoms. The highest BCUT2D eigenvalue weighted by Crippen LogP contribution is 2.35. The minimum atomic E-state index is -0.386. The van der Waals surface area contributed by atoms with Crippen LogP contribution in [0.15, 0.2) is 24.4 Å². The predicted molar refractivity (Wildman–Crippen MR) is 83.3 cm³/mol. The molecule has 1 aromatic carbocycles. The lowest BCUT2D eigenvalue weighted by atomic mass is 9.97. The molecule has 0 fully saturated rings. The number of H-pyrrole nitrogens is 1. The predicted octanol–water partition coefficient (Wildman–Crippen LogP) is 2.69. The van der Waals surface area contributed by atoms with Crippen LogP contribution in [0.5, 0.6) is 0 Å². The maximum Gasteiger partial charge on any atom is 0.255 e. The summed E-state index contributed by atoms with van der Waals surface area (Å²) < 4.78 is 0. The summed E-state index contributed by atoms with van der Waals surface area (Å²) in [7, 11) is 0. The van der Waals surface area contributed by atoms with Crippen LogP contribution in [0.1, 0.15) is 36.8 Å². The van der Waals surface area contributed by atoms with Crippen molar-refractivity contribution in [1.29, 1.82) is 0 Å². The Bertz CT molecular complexity index is 702. The summed E-state index contributed by atoms with van der Waals surface area (Å²) in [4.78, 5) is 14.5. The van der Waals surface area contributed by atoms with Gasteiger partial charge < -0.3 is 10.2 Å². The number of hydrogen-bond donors (Lipinski definition) is 2. The van der Waals surface area contributed by atoms with E-state index in [1.165, 1.54) is 0 Å². The standard InChI is InChI=1S/C16H20N4O/c1-5-20-14-8-11(13-9-17-19-10(13)2)6-7-12(14)15(21)18-16(20,3)4/h6-9H,5H2,1-4H3,(H,17,19)(H,18,21). The van der Waals surface area contributed by atoms with Gasteiger partial charge in [-0.15, -0.1) is 0 Å². The number of carbonyl (C=O) groups is 1. The van der Waals surface area contributed by atoms with E-state index in [0.29, 0.717) is 0 Å². The Balaban J connectivity index is 2.16. The van der Waals surface area contributed by atoms with Crippen LogP contribution < -0.4 is 10.2 Å². The number of aromatic nitrogens is 2. The van der Waals surface area contributed by atoms with E-state index in [0.717, 1.165) is 34.6 Å². The van der Waals surface area contributed by atoms with Crippen molar-refractivity contribution in [3.8, 4) is 11.1 Å². The maximum absolute atomic E-state index is 12.3. The number of carbonyl (C=O) groups excluding carboxylic acids is 1. The molecule has 1 aliphatic heterocycles. The normalized spacial score (nSPS) is 16.6. The molecule has 0 unspecified atom stereocenters. The Kier molecular flexibility index (Phi) is 3.01. The van der Waals surface area contributed by atoms with Gasteiger partial charge in [-0.2, -0.15) is 5.10 Å². The SMILES string of the molecule is CCN1c2cc(-c3cn[nH]c3C)ccc2C(=O)NC1(C)C. The van der Waals surface area contributed by atoms with E-state index in [-0.39, 0.29) is 11.6 Å². The molecule has 2 N–H and O–H groups in total. The van der Waals surface area contributed by atoms with E-state index in [4.69, 9.17) is 0 Å². The molecule has 0 spiro atoms. The van der Waals surface area contributed by atoms with Crippen molar-refractivity contribution in [3.05, 3.63) is 35.7 Å². The molecule has 21 heavy (non-hydrogen) atoms. The van der Waals surface area contributed by atoms with E-state index in [1.54, 1.807) is 0 Å². The van der Waals surface area contributed by atoms with E-state index in [2.05, 4.69) is 33.4 Å². The van der Waals surface area contributed by atoms with Gasteiger partial charge in [0.2, 0.25) is 0 Å². The smallest absolute Gasteiger partial charge is 0.255 e. The average molecular weight is 284 g/mol. The number of amides is 1. The van der Waals surface area contributed by atoms with Gasteiger partial charge in [-0.3, -0.25) is 9.89 Å². The van der Waals surface area contributed by atoms with Crippen molar-refractivity contribution >= 4 is 11.6 Å². The van der Waals surface area contributed by atoms with E-state index in [1.807, 2.05) is 39.1 Å². The minimum absolute atomic E-state index is 0.0184. The zero-order valence-electron chi connectivity index (χ0n) is 12.8. The fourth-order valence-corrected chi connectivity index (χ4v) is 3.04. The molecular formula is C16H20N4O. The first-order valence-corrected chi connectivity index (χ1v) is 7.18. The first-order valence-electron chi connectivity index (χ1n) is 7.18. The third kappa shape index (κ3) is 2.09. The van der Waals surface area contributed by atoms with Crippen LogP contribution in [-0.2, 0) is 0 Å². The topological polar surface area (TPSA) is 61.0 Å². The quantitative estimate of drug-likeness (QED) is 0.891. The summed E-state index contributed by atoms with van der Waals surface area (Å²) in [6, 6.07) is 5.95. The number of fused-ring (bicyclic) bond motifs is 1. The van der Waals surface area contributed by atoms with Crippen LogP contribution in [-0.4, -0.2) is 28.3 Å². The van der Waals surface area contributed by atoms with Crippen molar-refractivity contribution < 1.29 is 4.79 Å². The molecular weight excluding hydrogens is 264 g/mol. The van der Waals surface area contributed by atoms with Crippen LogP contribution in [0.4, 0.5) is 5.69 Å². The van der Waals surface area contributed by atoms with Gasteiger partial charge in [0.05, 0.1) is 17.4 Å². The Morgan fingerprint density at radius 3 is 2.67 bits per heavy atom. The average Bonchev–Trinajstić information content (AvgIpc) is 2.84. The van der Waals surface area contributed by atoms with Gasteiger partial charge in [-0.25, -0.2) is 0 Å². The number of nitrogens with zero attached hydrogens (tertiary/aromatic N) is 2. The molecule has 1 aromatic heterocycles. The van der Waals surface area contributed by atoms with Crippen LogP contribution in [0.25, 0.3) is 11.1 Å². The molecule has 0 aliphatic carbocycles. The number of anilines is 1. The zero-order valence-corrected chi connectivity index (χ0v) is 12.8.